The normalized spacial score (nSPS) is 21.2. The van der Waals surface area contributed by atoms with Crippen LogP contribution < -0.4 is 0 Å². The number of benzene rings is 2. The third-order valence-corrected chi connectivity index (χ3v) is 6.23. The maximum absolute atomic E-state index is 12.6. The number of carbonyl (C=O) groups excluding carboxylic acids is 1. The minimum Gasteiger partial charge on any atom is -0.444 e. The number of hydrogen-bond acceptors (Lipinski definition) is 2. The molecular formula is C23H25Cl2NO2. The van der Waals surface area contributed by atoms with Gasteiger partial charge in [-0.1, -0.05) is 47.5 Å². The second-order valence-corrected chi connectivity index (χ2v) is 9.67. The molecule has 0 bridgehead atoms. The lowest BCUT2D eigenvalue weighted by molar-refractivity contribution is 0.0165. The molecule has 1 heterocycles. The zero-order valence-corrected chi connectivity index (χ0v) is 18.0. The molecule has 1 aliphatic carbocycles. The number of piperidine rings is 1. The maximum Gasteiger partial charge on any atom is 0.410 e. The molecule has 0 N–H and O–H groups in total. The third-order valence-electron chi connectivity index (χ3n) is 5.68. The second kappa shape index (κ2) is 7.27. The summed E-state index contributed by atoms with van der Waals surface area (Å²) in [5.41, 5.74) is 4.32. The molecule has 1 fully saturated rings. The smallest absolute Gasteiger partial charge is 0.410 e. The van der Waals surface area contributed by atoms with Gasteiger partial charge in [0.1, 0.15) is 5.60 Å². The van der Waals surface area contributed by atoms with Crippen LogP contribution in [-0.2, 0) is 11.2 Å². The average Bonchev–Trinajstić information content (AvgIpc) is 2.97. The van der Waals surface area contributed by atoms with Crippen molar-refractivity contribution < 1.29 is 9.53 Å². The summed E-state index contributed by atoms with van der Waals surface area (Å²) in [6.07, 6.45) is 1.88. The Labute approximate surface area is 176 Å². The van der Waals surface area contributed by atoms with E-state index in [1.165, 1.54) is 11.1 Å². The molecule has 148 valence electrons. The van der Waals surface area contributed by atoms with Gasteiger partial charge in [0.25, 0.3) is 0 Å². The number of fused-ring (bicyclic) bond motifs is 3. The molecule has 1 aliphatic heterocycles. The molecule has 2 aliphatic rings. The van der Waals surface area contributed by atoms with Crippen LogP contribution in [0.5, 0.6) is 0 Å². The van der Waals surface area contributed by atoms with Crippen LogP contribution in [0.1, 0.15) is 44.2 Å². The highest BCUT2D eigenvalue weighted by atomic mass is 35.5. The SMILES string of the molecule is CC(C)(C)OC(=O)N1CC[C@@H]2Cc3ccc(-c4ccc(Cl)cc4Cl)cc3[C@@H]2C1. The molecule has 4 rings (SSSR count). The number of amides is 1. The number of rotatable bonds is 1. The van der Waals surface area contributed by atoms with Crippen molar-refractivity contribution in [3.63, 3.8) is 0 Å². The summed E-state index contributed by atoms with van der Waals surface area (Å²) >= 11 is 12.5. The van der Waals surface area contributed by atoms with E-state index in [2.05, 4.69) is 18.2 Å². The van der Waals surface area contributed by atoms with E-state index < -0.39 is 5.60 Å². The minimum atomic E-state index is -0.472. The molecular weight excluding hydrogens is 393 g/mol. The Morgan fingerprint density at radius 3 is 2.64 bits per heavy atom. The number of nitrogens with zero attached hydrogens (tertiary/aromatic N) is 1. The number of likely N-dealkylation sites (tertiary alicyclic amines) is 1. The van der Waals surface area contributed by atoms with Gasteiger partial charge < -0.3 is 9.64 Å². The van der Waals surface area contributed by atoms with Gasteiger partial charge in [-0.25, -0.2) is 4.79 Å². The van der Waals surface area contributed by atoms with Crippen molar-refractivity contribution in [3.8, 4) is 11.1 Å². The molecule has 0 unspecified atom stereocenters. The van der Waals surface area contributed by atoms with E-state index in [0.717, 1.165) is 30.5 Å². The van der Waals surface area contributed by atoms with E-state index in [1.54, 1.807) is 6.07 Å². The lowest BCUT2D eigenvalue weighted by Crippen LogP contribution is -2.44. The van der Waals surface area contributed by atoms with Crippen molar-refractivity contribution in [2.24, 2.45) is 5.92 Å². The Hall–Kier alpha value is -1.71. The van der Waals surface area contributed by atoms with Gasteiger partial charge in [0.15, 0.2) is 0 Å². The van der Waals surface area contributed by atoms with Gasteiger partial charge in [-0.05, 0) is 68.4 Å². The van der Waals surface area contributed by atoms with Crippen LogP contribution in [-0.4, -0.2) is 29.7 Å². The van der Waals surface area contributed by atoms with Crippen LogP contribution in [0.2, 0.25) is 10.0 Å². The van der Waals surface area contributed by atoms with Gasteiger partial charge in [0.2, 0.25) is 0 Å². The summed E-state index contributed by atoms with van der Waals surface area (Å²) in [6, 6.07) is 12.2. The molecule has 2 aromatic rings. The number of carbonyl (C=O) groups is 1. The number of ether oxygens (including phenoxy) is 1. The molecule has 1 amide bonds. The molecule has 5 heteroatoms. The predicted molar refractivity (Wildman–Crippen MR) is 114 cm³/mol. The van der Waals surface area contributed by atoms with Crippen LogP contribution in [0, 0.1) is 5.92 Å². The van der Waals surface area contributed by atoms with Crippen molar-refractivity contribution in [2.45, 2.75) is 45.1 Å². The average molecular weight is 418 g/mol. The Morgan fingerprint density at radius 2 is 1.93 bits per heavy atom. The van der Waals surface area contributed by atoms with Crippen LogP contribution in [0.25, 0.3) is 11.1 Å². The van der Waals surface area contributed by atoms with Crippen molar-refractivity contribution in [3.05, 3.63) is 57.6 Å². The minimum absolute atomic E-state index is 0.212. The number of hydrogen-bond donors (Lipinski definition) is 0. The van der Waals surface area contributed by atoms with Crippen LogP contribution in [0.15, 0.2) is 36.4 Å². The fourth-order valence-corrected chi connectivity index (χ4v) is 4.91. The fraction of sp³-hybridized carbons (Fsp3) is 0.435. The summed E-state index contributed by atoms with van der Waals surface area (Å²) in [6.45, 7) is 7.20. The molecule has 0 aromatic heterocycles. The topological polar surface area (TPSA) is 29.5 Å². The number of halogens is 2. The zero-order valence-electron chi connectivity index (χ0n) is 16.5. The third kappa shape index (κ3) is 3.88. The van der Waals surface area contributed by atoms with Gasteiger partial charge in [-0.3, -0.25) is 0 Å². The molecule has 2 aromatic carbocycles. The lowest BCUT2D eigenvalue weighted by Gasteiger charge is -2.36. The molecule has 0 radical (unpaired) electrons. The summed E-state index contributed by atoms with van der Waals surface area (Å²) in [7, 11) is 0. The maximum atomic E-state index is 12.6. The van der Waals surface area contributed by atoms with Gasteiger partial charge in [-0.15, -0.1) is 0 Å². The summed E-state index contributed by atoms with van der Waals surface area (Å²) < 4.78 is 5.59. The van der Waals surface area contributed by atoms with E-state index in [9.17, 15) is 4.79 Å². The highest BCUT2D eigenvalue weighted by Gasteiger charge is 2.39. The Morgan fingerprint density at radius 1 is 1.14 bits per heavy atom. The molecule has 1 saturated heterocycles. The zero-order chi connectivity index (χ0) is 20.1. The molecule has 28 heavy (non-hydrogen) atoms. The fourth-order valence-electron chi connectivity index (χ4n) is 4.39. The van der Waals surface area contributed by atoms with E-state index >= 15 is 0 Å². The summed E-state index contributed by atoms with van der Waals surface area (Å²) in [4.78, 5) is 14.4. The summed E-state index contributed by atoms with van der Waals surface area (Å²) in [5.74, 6) is 0.937. The Bertz CT molecular complexity index is 919. The Kier molecular flexibility index (Phi) is 5.09. The van der Waals surface area contributed by atoms with Crippen molar-refractivity contribution in [1.82, 2.24) is 4.90 Å². The van der Waals surface area contributed by atoms with Gasteiger partial charge >= 0.3 is 6.09 Å². The first-order valence-corrected chi connectivity index (χ1v) is 10.5. The highest BCUT2D eigenvalue weighted by Crippen LogP contribution is 2.45. The predicted octanol–water partition coefficient (Wildman–Crippen LogP) is 6.56. The summed E-state index contributed by atoms with van der Waals surface area (Å²) in [5, 5.41) is 1.29. The van der Waals surface area contributed by atoms with E-state index in [4.69, 9.17) is 27.9 Å². The van der Waals surface area contributed by atoms with Crippen molar-refractivity contribution in [1.29, 1.82) is 0 Å². The molecule has 3 nitrogen and oxygen atoms in total. The first-order valence-electron chi connectivity index (χ1n) is 9.77. The van der Waals surface area contributed by atoms with Gasteiger partial charge in [0.05, 0.1) is 0 Å². The largest absolute Gasteiger partial charge is 0.444 e. The van der Waals surface area contributed by atoms with Crippen LogP contribution in [0.3, 0.4) is 0 Å². The first kappa shape index (κ1) is 19.6. The molecule has 0 saturated carbocycles. The van der Waals surface area contributed by atoms with E-state index in [1.807, 2.05) is 37.8 Å². The Balaban J connectivity index is 1.60. The second-order valence-electron chi connectivity index (χ2n) is 8.82. The first-order chi connectivity index (χ1) is 13.2. The van der Waals surface area contributed by atoms with Gasteiger partial charge in [0, 0.05) is 34.6 Å². The van der Waals surface area contributed by atoms with Crippen molar-refractivity contribution in [2.75, 3.05) is 13.1 Å². The van der Waals surface area contributed by atoms with Gasteiger partial charge in [-0.2, -0.15) is 0 Å². The monoisotopic (exact) mass is 417 g/mol. The van der Waals surface area contributed by atoms with Crippen LogP contribution in [0.4, 0.5) is 4.79 Å². The molecule has 2 atom stereocenters. The van der Waals surface area contributed by atoms with E-state index in [-0.39, 0.29) is 6.09 Å². The lowest BCUT2D eigenvalue weighted by atomic mass is 9.85. The van der Waals surface area contributed by atoms with E-state index in [0.29, 0.717) is 28.4 Å². The van der Waals surface area contributed by atoms with Crippen molar-refractivity contribution >= 4 is 29.3 Å². The standard InChI is InChI=1S/C23H25Cl2NO2/c1-23(2,3)28-22(27)26-9-8-16-10-14-4-5-15(11-19(14)20(16)13-26)18-7-6-17(24)12-21(18)25/h4-7,11-12,16,20H,8-10,13H2,1-3H3/t16-,20-/m1/s1. The quantitative estimate of drug-likeness (QED) is 0.525. The van der Waals surface area contributed by atoms with Crippen LogP contribution >= 0.6 is 23.2 Å². The molecule has 0 spiro atoms. The highest BCUT2D eigenvalue weighted by molar-refractivity contribution is 6.36.